The number of benzene rings is 1. The van der Waals surface area contributed by atoms with E-state index in [0.717, 1.165) is 18.8 Å². The first-order valence-corrected chi connectivity index (χ1v) is 6.31. The minimum absolute atomic E-state index is 0.452. The van der Waals surface area contributed by atoms with E-state index in [-0.39, 0.29) is 0 Å². The second kappa shape index (κ2) is 5.74. The Balaban J connectivity index is 2.17. The Labute approximate surface area is 108 Å². The standard InChI is InChI=1S/C15H20N2O/c1-3-17(14-6-4-12(2)5-7-14)11-13-8-9-18-15(13)10-16/h4-9H,3,10-11,16H2,1-2H3. The molecule has 0 bridgehead atoms. The van der Waals surface area contributed by atoms with E-state index >= 15 is 0 Å². The second-order valence-corrected chi connectivity index (χ2v) is 4.42. The van der Waals surface area contributed by atoms with Crippen LogP contribution in [0, 0.1) is 6.92 Å². The molecule has 0 saturated carbocycles. The summed E-state index contributed by atoms with van der Waals surface area (Å²) in [6.07, 6.45) is 1.71. The van der Waals surface area contributed by atoms with E-state index in [1.807, 2.05) is 6.07 Å². The lowest BCUT2D eigenvalue weighted by Crippen LogP contribution is -2.22. The Kier molecular flexibility index (Phi) is 4.05. The number of hydrogen-bond acceptors (Lipinski definition) is 3. The Bertz CT molecular complexity index is 487. The van der Waals surface area contributed by atoms with Gasteiger partial charge in [-0.3, -0.25) is 0 Å². The second-order valence-electron chi connectivity index (χ2n) is 4.42. The molecule has 2 rings (SSSR count). The van der Waals surface area contributed by atoms with Crippen LogP contribution in [0.15, 0.2) is 41.0 Å². The first kappa shape index (κ1) is 12.7. The minimum Gasteiger partial charge on any atom is -0.468 e. The maximum absolute atomic E-state index is 5.66. The fourth-order valence-electron chi connectivity index (χ4n) is 2.03. The van der Waals surface area contributed by atoms with Crippen molar-refractivity contribution in [3.63, 3.8) is 0 Å². The number of nitrogens with zero attached hydrogens (tertiary/aromatic N) is 1. The van der Waals surface area contributed by atoms with Gasteiger partial charge in [-0.15, -0.1) is 0 Å². The molecule has 0 spiro atoms. The summed E-state index contributed by atoms with van der Waals surface area (Å²) in [4.78, 5) is 2.31. The van der Waals surface area contributed by atoms with Crippen molar-refractivity contribution in [3.05, 3.63) is 53.5 Å². The molecule has 0 fully saturated rings. The van der Waals surface area contributed by atoms with Gasteiger partial charge in [-0.1, -0.05) is 17.7 Å². The van der Waals surface area contributed by atoms with Crippen molar-refractivity contribution in [2.75, 3.05) is 11.4 Å². The third-order valence-electron chi connectivity index (χ3n) is 3.17. The van der Waals surface area contributed by atoms with E-state index < -0.39 is 0 Å². The molecule has 2 aromatic rings. The lowest BCUT2D eigenvalue weighted by atomic mass is 10.2. The smallest absolute Gasteiger partial charge is 0.122 e. The van der Waals surface area contributed by atoms with Gasteiger partial charge in [0.1, 0.15) is 5.76 Å². The molecule has 1 aromatic carbocycles. The molecule has 0 radical (unpaired) electrons. The molecule has 0 aliphatic rings. The number of nitrogens with two attached hydrogens (primary N) is 1. The van der Waals surface area contributed by atoms with Crippen LogP contribution in [0.4, 0.5) is 5.69 Å². The van der Waals surface area contributed by atoms with Gasteiger partial charge in [-0.25, -0.2) is 0 Å². The zero-order chi connectivity index (χ0) is 13.0. The van der Waals surface area contributed by atoms with E-state index in [0.29, 0.717) is 6.54 Å². The van der Waals surface area contributed by atoms with Crippen LogP contribution in [-0.4, -0.2) is 6.54 Å². The molecule has 0 aliphatic carbocycles. The molecule has 1 heterocycles. The molecular weight excluding hydrogens is 224 g/mol. The van der Waals surface area contributed by atoms with Crippen LogP contribution in [0.3, 0.4) is 0 Å². The van der Waals surface area contributed by atoms with Gasteiger partial charge in [0.05, 0.1) is 12.8 Å². The maximum atomic E-state index is 5.66. The zero-order valence-corrected chi connectivity index (χ0v) is 11.0. The molecule has 18 heavy (non-hydrogen) atoms. The van der Waals surface area contributed by atoms with E-state index in [2.05, 4.69) is 43.0 Å². The molecule has 3 nitrogen and oxygen atoms in total. The molecule has 0 saturated heterocycles. The minimum atomic E-state index is 0.452. The lowest BCUT2D eigenvalue weighted by Gasteiger charge is -2.23. The highest BCUT2D eigenvalue weighted by Gasteiger charge is 2.10. The third-order valence-corrected chi connectivity index (χ3v) is 3.17. The van der Waals surface area contributed by atoms with Crippen molar-refractivity contribution in [1.82, 2.24) is 0 Å². The van der Waals surface area contributed by atoms with Gasteiger partial charge < -0.3 is 15.1 Å². The van der Waals surface area contributed by atoms with Crippen LogP contribution in [0.1, 0.15) is 23.8 Å². The number of anilines is 1. The van der Waals surface area contributed by atoms with Crippen LogP contribution in [-0.2, 0) is 13.1 Å². The van der Waals surface area contributed by atoms with Gasteiger partial charge in [0.25, 0.3) is 0 Å². The third kappa shape index (κ3) is 2.74. The first-order valence-electron chi connectivity index (χ1n) is 6.31. The largest absolute Gasteiger partial charge is 0.468 e. The summed E-state index contributed by atoms with van der Waals surface area (Å²) < 4.78 is 5.36. The lowest BCUT2D eigenvalue weighted by molar-refractivity contribution is 0.506. The van der Waals surface area contributed by atoms with Crippen molar-refractivity contribution in [2.45, 2.75) is 26.9 Å². The molecular formula is C15H20N2O. The number of aryl methyl sites for hydroxylation is 1. The SMILES string of the molecule is CCN(Cc1ccoc1CN)c1ccc(C)cc1. The highest BCUT2D eigenvalue weighted by molar-refractivity contribution is 5.48. The van der Waals surface area contributed by atoms with Crippen molar-refractivity contribution in [3.8, 4) is 0 Å². The van der Waals surface area contributed by atoms with Gasteiger partial charge in [-0.2, -0.15) is 0 Å². The Morgan fingerprint density at radius 1 is 1.17 bits per heavy atom. The summed E-state index contributed by atoms with van der Waals surface area (Å²) in [6.45, 7) is 6.50. The molecule has 96 valence electrons. The summed E-state index contributed by atoms with van der Waals surface area (Å²) in [5.74, 6) is 0.876. The maximum Gasteiger partial charge on any atom is 0.122 e. The highest BCUT2D eigenvalue weighted by Crippen LogP contribution is 2.20. The molecule has 3 heteroatoms. The van der Waals surface area contributed by atoms with Gasteiger partial charge in [0, 0.05) is 24.3 Å². The molecule has 0 atom stereocenters. The first-order chi connectivity index (χ1) is 8.74. The van der Waals surface area contributed by atoms with Gasteiger partial charge in [-0.05, 0) is 32.0 Å². The summed E-state index contributed by atoms with van der Waals surface area (Å²) in [5, 5.41) is 0. The molecule has 0 aliphatic heterocycles. The predicted octanol–water partition coefficient (Wildman–Crippen LogP) is 3.07. The van der Waals surface area contributed by atoms with E-state index in [9.17, 15) is 0 Å². The van der Waals surface area contributed by atoms with Crippen LogP contribution in [0.2, 0.25) is 0 Å². The summed E-state index contributed by atoms with van der Waals surface area (Å²) in [7, 11) is 0. The molecule has 0 amide bonds. The quantitative estimate of drug-likeness (QED) is 0.879. The van der Waals surface area contributed by atoms with Crippen molar-refractivity contribution < 1.29 is 4.42 Å². The van der Waals surface area contributed by atoms with Gasteiger partial charge in [0.15, 0.2) is 0 Å². The van der Waals surface area contributed by atoms with E-state index in [4.69, 9.17) is 10.2 Å². The summed E-state index contributed by atoms with van der Waals surface area (Å²) >= 11 is 0. The Morgan fingerprint density at radius 2 is 1.89 bits per heavy atom. The normalized spacial score (nSPS) is 10.6. The topological polar surface area (TPSA) is 42.4 Å². The van der Waals surface area contributed by atoms with Crippen LogP contribution in [0.25, 0.3) is 0 Å². The fourth-order valence-corrected chi connectivity index (χ4v) is 2.03. The average molecular weight is 244 g/mol. The monoisotopic (exact) mass is 244 g/mol. The Hall–Kier alpha value is -1.74. The fraction of sp³-hybridized carbons (Fsp3) is 0.333. The van der Waals surface area contributed by atoms with Crippen LogP contribution < -0.4 is 10.6 Å². The van der Waals surface area contributed by atoms with Crippen LogP contribution >= 0.6 is 0 Å². The Morgan fingerprint density at radius 3 is 2.50 bits per heavy atom. The highest BCUT2D eigenvalue weighted by atomic mass is 16.3. The van der Waals surface area contributed by atoms with Crippen molar-refractivity contribution in [1.29, 1.82) is 0 Å². The number of furan rings is 1. The van der Waals surface area contributed by atoms with Gasteiger partial charge in [0.2, 0.25) is 0 Å². The molecule has 2 N–H and O–H groups in total. The number of rotatable bonds is 5. The van der Waals surface area contributed by atoms with Crippen molar-refractivity contribution >= 4 is 5.69 Å². The van der Waals surface area contributed by atoms with Crippen LogP contribution in [0.5, 0.6) is 0 Å². The molecule has 0 unspecified atom stereocenters. The number of hydrogen-bond donors (Lipinski definition) is 1. The molecule has 1 aromatic heterocycles. The average Bonchev–Trinajstić information content (AvgIpc) is 2.84. The predicted molar refractivity (Wildman–Crippen MR) is 74.5 cm³/mol. The van der Waals surface area contributed by atoms with Gasteiger partial charge >= 0.3 is 0 Å². The van der Waals surface area contributed by atoms with E-state index in [1.165, 1.54) is 16.8 Å². The van der Waals surface area contributed by atoms with Crippen molar-refractivity contribution in [2.24, 2.45) is 5.73 Å². The zero-order valence-electron chi connectivity index (χ0n) is 11.0. The summed E-state index contributed by atoms with van der Waals surface area (Å²) in [6, 6.07) is 10.6. The summed E-state index contributed by atoms with van der Waals surface area (Å²) in [5.41, 5.74) is 9.33. The van der Waals surface area contributed by atoms with E-state index in [1.54, 1.807) is 6.26 Å².